The Bertz CT molecular complexity index is 383. The van der Waals surface area contributed by atoms with E-state index in [2.05, 4.69) is 23.9 Å². The molecule has 0 fully saturated rings. The molecular formula is C11H17N3O. The van der Waals surface area contributed by atoms with E-state index in [0.29, 0.717) is 5.92 Å². The molecule has 1 aromatic heterocycles. The Balaban J connectivity index is 2.34. The van der Waals surface area contributed by atoms with Crippen LogP contribution in [0.15, 0.2) is 15.9 Å². The smallest absolute Gasteiger partial charge is 0.181 e. The lowest BCUT2D eigenvalue weighted by molar-refractivity contribution is 0.213. The molecule has 1 aliphatic rings. The van der Waals surface area contributed by atoms with E-state index in [-0.39, 0.29) is 6.04 Å². The van der Waals surface area contributed by atoms with Gasteiger partial charge in [0.25, 0.3) is 0 Å². The number of aromatic nitrogens is 1. The van der Waals surface area contributed by atoms with Crippen LogP contribution in [0.3, 0.4) is 0 Å². The van der Waals surface area contributed by atoms with Crippen molar-refractivity contribution in [3.8, 4) is 0 Å². The van der Waals surface area contributed by atoms with Crippen molar-refractivity contribution in [2.24, 2.45) is 11.0 Å². The standard InChI is InChI=1S/C11H17N3O/c1-5-9-7(2)13-14(4)10(9)11-8(3)12-6-15-11/h6,9-10H,5H2,1-4H3. The number of rotatable bonds is 2. The van der Waals surface area contributed by atoms with Crippen LogP contribution in [-0.4, -0.2) is 22.8 Å². The third-order valence-corrected chi connectivity index (χ3v) is 3.13. The molecule has 2 unspecified atom stereocenters. The lowest BCUT2D eigenvalue weighted by Crippen LogP contribution is -2.22. The molecule has 2 atom stereocenters. The summed E-state index contributed by atoms with van der Waals surface area (Å²) in [6, 6.07) is 0.220. The molecule has 0 amide bonds. The Labute approximate surface area is 90.0 Å². The van der Waals surface area contributed by atoms with Gasteiger partial charge in [-0.15, -0.1) is 0 Å². The molecule has 15 heavy (non-hydrogen) atoms. The number of hydrazone groups is 1. The van der Waals surface area contributed by atoms with Gasteiger partial charge >= 0.3 is 0 Å². The Morgan fingerprint density at radius 3 is 2.73 bits per heavy atom. The average molecular weight is 207 g/mol. The van der Waals surface area contributed by atoms with Crippen LogP contribution in [0.25, 0.3) is 0 Å². The predicted molar refractivity (Wildman–Crippen MR) is 58.6 cm³/mol. The number of oxazole rings is 1. The van der Waals surface area contributed by atoms with Crippen molar-refractivity contribution in [2.75, 3.05) is 7.05 Å². The topological polar surface area (TPSA) is 41.6 Å². The molecule has 0 aromatic carbocycles. The first-order valence-electron chi connectivity index (χ1n) is 5.33. The van der Waals surface area contributed by atoms with E-state index in [1.807, 2.05) is 19.0 Å². The van der Waals surface area contributed by atoms with Gasteiger partial charge in [-0.05, 0) is 20.3 Å². The van der Waals surface area contributed by atoms with Crippen LogP contribution in [0.2, 0.25) is 0 Å². The molecule has 4 heteroatoms. The summed E-state index contributed by atoms with van der Waals surface area (Å²) in [5, 5.41) is 6.47. The molecule has 0 saturated heterocycles. The zero-order valence-electron chi connectivity index (χ0n) is 9.69. The van der Waals surface area contributed by atoms with Crippen molar-refractivity contribution >= 4 is 5.71 Å². The van der Waals surface area contributed by atoms with Gasteiger partial charge in [-0.1, -0.05) is 6.92 Å². The molecule has 2 rings (SSSR count). The Morgan fingerprint density at radius 1 is 1.47 bits per heavy atom. The van der Waals surface area contributed by atoms with Crippen molar-refractivity contribution in [2.45, 2.75) is 33.2 Å². The van der Waals surface area contributed by atoms with Crippen molar-refractivity contribution in [1.29, 1.82) is 0 Å². The van der Waals surface area contributed by atoms with Crippen LogP contribution in [0.1, 0.15) is 37.8 Å². The Kier molecular flexibility index (Phi) is 2.50. The molecule has 4 nitrogen and oxygen atoms in total. The Morgan fingerprint density at radius 2 is 2.20 bits per heavy atom. The van der Waals surface area contributed by atoms with E-state index >= 15 is 0 Å². The first-order valence-corrected chi connectivity index (χ1v) is 5.33. The van der Waals surface area contributed by atoms with Crippen LogP contribution in [-0.2, 0) is 0 Å². The van der Waals surface area contributed by atoms with Crippen LogP contribution in [0, 0.1) is 12.8 Å². The molecule has 0 aliphatic carbocycles. The van der Waals surface area contributed by atoms with E-state index < -0.39 is 0 Å². The summed E-state index contributed by atoms with van der Waals surface area (Å²) >= 11 is 0. The summed E-state index contributed by atoms with van der Waals surface area (Å²) in [5.41, 5.74) is 2.15. The number of aryl methyl sites for hydroxylation is 1. The molecule has 1 aromatic rings. The highest BCUT2D eigenvalue weighted by Gasteiger charge is 2.36. The summed E-state index contributed by atoms with van der Waals surface area (Å²) in [5.74, 6) is 1.40. The summed E-state index contributed by atoms with van der Waals surface area (Å²) in [6.07, 6.45) is 2.59. The number of hydrogen-bond donors (Lipinski definition) is 0. The second-order valence-corrected chi connectivity index (χ2v) is 4.08. The normalized spacial score (nSPS) is 25.9. The lowest BCUT2D eigenvalue weighted by atomic mass is 9.91. The zero-order chi connectivity index (χ0) is 11.0. The van der Waals surface area contributed by atoms with Crippen LogP contribution in [0.5, 0.6) is 0 Å². The molecule has 0 saturated carbocycles. The maximum atomic E-state index is 5.47. The summed E-state index contributed by atoms with van der Waals surface area (Å²) < 4.78 is 5.47. The van der Waals surface area contributed by atoms with Crippen LogP contribution in [0.4, 0.5) is 0 Å². The van der Waals surface area contributed by atoms with Gasteiger partial charge in [0, 0.05) is 18.7 Å². The van der Waals surface area contributed by atoms with E-state index in [1.54, 1.807) is 0 Å². The lowest BCUT2D eigenvalue weighted by Gasteiger charge is -2.22. The average Bonchev–Trinajstić information content (AvgIpc) is 2.70. The van der Waals surface area contributed by atoms with Gasteiger partial charge in [-0.2, -0.15) is 5.10 Å². The minimum atomic E-state index is 0.220. The largest absolute Gasteiger partial charge is 0.446 e. The van der Waals surface area contributed by atoms with Gasteiger partial charge in [0.15, 0.2) is 12.2 Å². The van der Waals surface area contributed by atoms with Gasteiger partial charge in [-0.25, -0.2) is 4.98 Å². The van der Waals surface area contributed by atoms with E-state index in [1.165, 1.54) is 12.1 Å². The van der Waals surface area contributed by atoms with Crippen molar-refractivity contribution in [1.82, 2.24) is 9.99 Å². The van der Waals surface area contributed by atoms with E-state index in [9.17, 15) is 0 Å². The minimum absolute atomic E-state index is 0.220. The fourth-order valence-corrected chi connectivity index (χ4v) is 2.34. The predicted octanol–water partition coefficient (Wildman–Crippen LogP) is 2.37. The molecule has 82 valence electrons. The fraction of sp³-hybridized carbons (Fsp3) is 0.636. The minimum Gasteiger partial charge on any atom is -0.446 e. The third kappa shape index (κ3) is 1.54. The maximum absolute atomic E-state index is 5.47. The summed E-state index contributed by atoms with van der Waals surface area (Å²) in [6.45, 7) is 6.24. The van der Waals surface area contributed by atoms with E-state index in [0.717, 1.165) is 17.9 Å². The first-order chi connectivity index (χ1) is 7.15. The first kappa shape index (κ1) is 10.2. The van der Waals surface area contributed by atoms with Crippen LogP contribution < -0.4 is 0 Å². The second-order valence-electron chi connectivity index (χ2n) is 4.08. The van der Waals surface area contributed by atoms with Crippen molar-refractivity contribution in [3.05, 3.63) is 17.8 Å². The van der Waals surface area contributed by atoms with Gasteiger partial charge in [0.2, 0.25) is 0 Å². The highest BCUT2D eigenvalue weighted by molar-refractivity contribution is 5.86. The quantitative estimate of drug-likeness (QED) is 0.747. The van der Waals surface area contributed by atoms with Gasteiger partial charge in [-0.3, -0.25) is 5.01 Å². The molecule has 0 bridgehead atoms. The van der Waals surface area contributed by atoms with Gasteiger partial charge in [0.1, 0.15) is 6.04 Å². The van der Waals surface area contributed by atoms with Gasteiger partial charge in [0.05, 0.1) is 5.69 Å². The molecule has 2 heterocycles. The third-order valence-electron chi connectivity index (χ3n) is 3.13. The molecule has 0 radical (unpaired) electrons. The maximum Gasteiger partial charge on any atom is 0.181 e. The summed E-state index contributed by atoms with van der Waals surface area (Å²) in [7, 11) is 1.99. The van der Waals surface area contributed by atoms with E-state index in [4.69, 9.17) is 4.42 Å². The van der Waals surface area contributed by atoms with Gasteiger partial charge < -0.3 is 4.42 Å². The van der Waals surface area contributed by atoms with Crippen molar-refractivity contribution < 1.29 is 4.42 Å². The fourth-order valence-electron chi connectivity index (χ4n) is 2.34. The SMILES string of the molecule is CCC1C(C)=NN(C)C1c1ocnc1C. The molecule has 0 N–H and O–H groups in total. The number of hydrogen-bond acceptors (Lipinski definition) is 4. The highest BCUT2D eigenvalue weighted by Crippen LogP contribution is 2.37. The van der Waals surface area contributed by atoms with Crippen molar-refractivity contribution in [3.63, 3.8) is 0 Å². The molecular weight excluding hydrogens is 190 g/mol. The number of nitrogens with zero attached hydrogens (tertiary/aromatic N) is 3. The second kappa shape index (κ2) is 3.68. The van der Waals surface area contributed by atoms with Crippen LogP contribution >= 0.6 is 0 Å². The highest BCUT2D eigenvalue weighted by atomic mass is 16.3. The zero-order valence-corrected chi connectivity index (χ0v) is 9.69. The monoisotopic (exact) mass is 207 g/mol. The molecule has 1 aliphatic heterocycles. The summed E-state index contributed by atoms with van der Waals surface area (Å²) in [4.78, 5) is 4.15. The molecule has 0 spiro atoms. The Hall–Kier alpha value is -1.32.